The minimum absolute atomic E-state index is 0.0415. The smallest absolute Gasteiger partial charge is 0.269 e. The largest absolute Gasteiger partial charge is 0.372 e. The molecule has 1 amide bonds. The summed E-state index contributed by atoms with van der Waals surface area (Å²) < 4.78 is 0. The maximum atomic E-state index is 13.3. The van der Waals surface area contributed by atoms with E-state index in [0.29, 0.717) is 6.54 Å². The van der Waals surface area contributed by atoms with Crippen molar-refractivity contribution in [1.82, 2.24) is 4.90 Å². The van der Waals surface area contributed by atoms with Crippen LogP contribution < -0.4 is 9.80 Å². The van der Waals surface area contributed by atoms with Crippen molar-refractivity contribution in [3.05, 3.63) is 58.5 Å². The highest BCUT2D eigenvalue weighted by molar-refractivity contribution is 8.19. The van der Waals surface area contributed by atoms with Gasteiger partial charge in [-0.1, -0.05) is 23.9 Å². The SMILES string of the molecule is CCN1C(=O)C(=C2Sc3ccccc3N2CC)SC1=Nc1ccc(N(CC)CC)cc1. The standard InChI is InChI=1S/C24H28N4OS2/c1-5-26(6-2)18-15-13-17(14-16-18)25-24-28(8-4)22(29)21(31-24)23-27(7-3)19-11-9-10-12-20(19)30-23/h9-16H,5-8H2,1-4H3. The molecule has 0 aliphatic carbocycles. The molecule has 0 N–H and O–H groups in total. The normalized spacial score (nSPS) is 19.5. The Hall–Kier alpha value is -2.38. The highest BCUT2D eigenvalue weighted by Gasteiger charge is 2.38. The number of fused-ring (bicyclic) bond motifs is 1. The molecule has 2 aromatic carbocycles. The Morgan fingerprint density at radius 2 is 1.55 bits per heavy atom. The van der Waals surface area contributed by atoms with Crippen LogP contribution in [0.3, 0.4) is 0 Å². The van der Waals surface area contributed by atoms with Crippen LogP contribution in [0.25, 0.3) is 0 Å². The number of anilines is 2. The van der Waals surface area contributed by atoms with E-state index in [1.54, 1.807) is 16.7 Å². The Bertz CT molecular complexity index is 1030. The Balaban J connectivity index is 1.66. The number of aliphatic imine (C=N–C) groups is 1. The Kier molecular flexibility index (Phi) is 6.62. The molecule has 1 saturated heterocycles. The molecular formula is C24H28N4OS2. The van der Waals surface area contributed by atoms with Crippen LogP contribution in [0.2, 0.25) is 0 Å². The van der Waals surface area contributed by atoms with Crippen LogP contribution in [0.4, 0.5) is 17.1 Å². The molecular weight excluding hydrogens is 424 g/mol. The molecule has 2 aromatic rings. The summed E-state index contributed by atoms with van der Waals surface area (Å²) in [5.74, 6) is 0.0415. The Morgan fingerprint density at radius 3 is 2.19 bits per heavy atom. The first-order chi connectivity index (χ1) is 15.1. The quantitative estimate of drug-likeness (QED) is 0.509. The van der Waals surface area contributed by atoms with E-state index in [0.717, 1.165) is 40.4 Å². The van der Waals surface area contributed by atoms with E-state index in [9.17, 15) is 4.79 Å². The van der Waals surface area contributed by atoms with Gasteiger partial charge >= 0.3 is 0 Å². The number of amidine groups is 1. The number of hydrogen-bond acceptors (Lipinski definition) is 6. The molecule has 5 nitrogen and oxygen atoms in total. The van der Waals surface area contributed by atoms with Gasteiger partial charge in [0.2, 0.25) is 0 Å². The lowest BCUT2D eigenvalue weighted by Crippen LogP contribution is -2.29. The summed E-state index contributed by atoms with van der Waals surface area (Å²) in [5.41, 5.74) is 3.23. The van der Waals surface area contributed by atoms with E-state index < -0.39 is 0 Å². The number of para-hydroxylation sites is 1. The van der Waals surface area contributed by atoms with E-state index in [1.807, 2.05) is 31.2 Å². The maximum Gasteiger partial charge on any atom is 0.269 e. The van der Waals surface area contributed by atoms with Crippen molar-refractivity contribution in [3.8, 4) is 0 Å². The van der Waals surface area contributed by atoms with Crippen LogP contribution in [0.1, 0.15) is 27.7 Å². The number of nitrogens with zero attached hydrogens (tertiary/aromatic N) is 4. The van der Waals surface area contributed by atoms with Gasteiger partial charge in [-0.15, -0.1) is 0 Å². The third-order valence-corrected chi connectivity index (χ3v) is 7.88. The van der Waals surface area contributed by atoms with Gasteiger partial charge in [-0.05, 0) is 75.9 Å². The predicted molar refractivity (Wildman–Crippen MR) is 134 cm³/mol. The second-order valence-corrected chi connectivity index (χ2v) is 9.19. The summed E-state index contributed by atoms with van der Waals surface area (Å²) in [4.78, 5) is 26.4. The highest BCUT2D eigenvalue weighted by atomic mass is 32.2. The number of carbonyl (C=O) groups excluding carboxylic acids is 1. The average Bonchev–Trinajstić information content (AvgIpc) is 3.32. The number of hydrogen-bond donors (Lipinski definition) is 0. The van der Waals surface area contributed by atoms with Crippen LogP contribution in [0, 0.1) is 0 Å². The molecule has 0 unspecified atom stereocenters. The van der Waals surface area contributed by atoms with Crippen molar-refractivity contribution in [2.45, 2.75) is 32.6 Å². The van der Waals surface area contributed by atoms with Crippen molar-refractivity contribution in [2.24, 2.45) is 4.99 Å². The fourth-order valence-electron chi connectivity index (χ4n) is 3.85. The number of rotatable bonds is 6. The molecule has 0 radical (unpaired) electrons. The first-order valence-corrected chi connectivity index (χ1v) is 12.5. The van der Waals surface area contributed by atoms with Gasteiger partial charge in [0.1, 0.15) is 9.93 Å². The monoisotopic (exact) mass is 452 g/mol. The van der Waals surface area contributed by atoms with Crippen molar-refractivity contribution in [2.75, 3.05) is 36.0 Å². The first-order valence-electron chi connectivity index (χ1n) is 10.8. The predicted octanol–water partition coefficient (Wildman–Crippen LogP) is 5.92. The Labute approximate surface area is 193 Å². The fraction of sp³-hybridized carbons (Fsp3) is 0.333. The number of likely N-dealkylation sites (N-methyl/N-ethyl adjacent to an activating group) is 1. The minimum atomic E-state index is 0.0415. The van der Waals surface area contributed by atoms with Gasteiger partial charge in [-0.25, -0.2) is 4.99 Å². The topological polar surface area (TPSA) is 39.2 Å². The Morgan fingerprint density at radius 1 is 0.871 bits per heavy atom. The zero-order valence-corrected chi connectivity index (χ0v) is 20.1. The first kappa shape index (κ1) is 21.8. The molecule has 0 aromatic heterocycles. The van der Waals surface area contributed by atoms with E-state index in [4.69, 9.17) is 4.99 Å². The summed E-state index contributed by atoms with van der Waals surface area (Å²) in [5, 5.41) is 1.76. The third-order valence-electron chi connectivity index (χ3n) is 5.50. The lowest BCUT2D eigenvalue weighted by atomic mass is 10.2. The molecule has 2 heterocycles. The molecule has 162 valence electrons. The van der Waals surface area contributed by atoms with Crippen LogP contribution in [0.15, 0.2) is 68.4 Å². The highest BCUT2D eigenvalue weighted by Crippen LogP contribution is 2.50. The second-order valence-electron chi connectivity index (χ2n) is 7.18. The van der Waals surface area contributed by atoms with E-state index in [-0.39, 0.29) is 5.91 Å². The molecule has 7 heteroatoms. The number of benzene rings is 2. The fourth-order valence-corrected chi connectivity index (χ4v) is 6.31. The lowest BCUT2D eigenvalue weighted by molar-refractivity contribution is -0.122. The second kappa shape index (κ2) is 9.40. The van der Waals surface area contributed by atoms with E-state index in [2.05, 4.69) is 54.8 Å². The number of thioether (sulfide) groups is 2. The van der Waals surface area contributed by atoms with Crippen LogP contribution in [0.5, 0.6) is 0 Å². The van der Waals surface area contributed by atoms with Gasteiger partial charge in [0.25, 0.3) is 5.91 Å². The molecule has 0 bridgehead atoms. The van der Waals surface area contributed by atoms with Crippen molar-refractivity contribution < 1.29 is 4.79 Å². The summed E-state index contributed by atoms with van der Waals surface area (Å²) in [6.45, 7) is 11.8. The summed E-state index contributed by atoms with van der Waals surface area (Å²) in [7, 11) is 0. The van der Waals surface area contributed by atoms with Gasteiger partial charge in [0, 0.05) is 36.8 Å². The summed E-state index contributed by atoms with van der Waals surface area (Å²) in [6, 6.07) is 16.6. The maximum absolute atomic E-state index is 13.3. The summed E-state index contributed by atoms with van der Waals surface area (Å²) >= 11 is 3.16. The summed E-state index contributed by atoms with van der Waals surface area (Å²) in [6.07, 6.45) is 0. The molecule has 0 atom stereocenters. The van der Waals surface area contributed by atoms with Gasteiger partial charge in [-0.2, -0.15) is 0 Å². The molecule has 4 rings (SSSR count). The van der Waals surface area contributed by atoms with Crippen LogP contribution >= 0.6 is 23.5 Å². The minimum Gasteiger partial charge on any atom is -0.372 e. The van der Waals surface area contributed by atoms with Gasteiger partial charge < -0.3 is 9.80 Å². The molecule has 2 aliphatic rings. The molecule has 1 fully saturated rings. The van der Waals surface area contributed by atoms with Crippen molar-refractivity contribution in [3.63, 3.8) is 0 Å². The molecule has 2 aliphatic heterocycles. The zero-order valence-electron chi connectivity index (χ0n) is 18.5. The molecule has 31 heavy (non-hydrogen) atoms. The van der Waals surface area contributed by atoms with Crippen LogP contribution in [-0.2, 0) is 4.79 Å². The molecule has 0 spiro atoms. The average molecular weight is 453 g/mol. The van der Waals surface area contributed by atoms with E-state index >= 15 is 0 Å². The zero-order chi connectivity index (χ0) is 22.0. The lowest BCUT2D eigenvalue weighted by Gasteiger charge is -2.20. The van der Waals surface area contributed by atoms with Gasteiger partial charge in [-0.3, -0.25) is 9.69 Å². The van der Waals surface area contributed by atoms with Crippen LogP contribution in [-0.4, -0.2) is 42.2 Å². The number of amides is 1. The van der Waals surface area contributed by atoms with Gasteiger partial charge in [0.05, 0.1) is 11.4 Å². The third kappa shape index (κ3) is 4.08. The van der Waals surface area contributed by atoms with E-state index in [1.165, 1.54) is 28.0 Å². The molecule has 0 saturated carbocycles. The van der Waals surface area contributed by atoms with Crippen molar-refractivity contribution >= 4 is 51.7 Å². The van der Waals surface area contributed by atoms with Crippen molar-refractivity contribution in [1.29, 1.82) is 0 Å². The van der Waals surface area contributed by atoms with Gasteiger partial charge in [0.15, 0.2) is 5.17 Å². The number of carbonyl (C=O) groups is 1.